The van der Waals surface area contributed by atoms with Crippen molar-refractivity contribution in [3.8, 4) is 0 Å². The molecule has 4 heteroatoms. The van der Waals surface area contributed by atoms with Crippen LogP contribution in [0.4, 0.5) is 0 Å². The average molecular weight is 140 g/mol. The predicted molar refractivity (Wildman–Crippen MR) is 38.2 cm³/mol. The topological polar surface area (TPSA) is 56.7 Å². The van der Waals surface area contributed by atoms with Gasteiger partial charge in [0, 0.05) is 6.54 Å². The zero-order valence-corrected chi connectivity index (χ0v) is 6.12. The number of nitrogens with two attached hydrogens (primary N) is 1. The molecule has 0 saturated carbocycles. The molecule has 1 heterocycles. The summed E-state index contributed by atoms with van der Waals surface area (Å²) in [5, 5.41) is 4.00. The SMILES string of the molecule is CCCn1ncnc1CN. The fourth-order valence-corrected chi connectivity index (χ4v) is 0.845. The standard InChI is InChI=1S/C6H12N4/c1-2-3-10-6(4-7)8-5-9-10/h5H,2-4,7H2,1H3. The van der Waals surface area contributed by atoms with Crippen LogP contribution in [0.25, 0.3) is 0 Å². The van der Waals surface area contributed by atoms with Crippen molar-refractivity contribution < 1.29 is 0 Å². The lowest BCUT2D eigenvalue weighted by Crippen LogP contribution is -2.09. The van der Waals surface area contributed by atoms with Gasteiger partial charge in [-0.05, 0) is 6.42 Å². The van der Waals surface area contributed by atoms with Gasteiger partial charge in [-0.2, -0.15) is 5.10 Å². The summed E-state index contributed by atoms with van der Waals surface area (Å²) in [6.45, 7) is 3.48. The maximum absolute atomic E-state index is 5.40. The van der Waals surface area contributed by atoms with Crippen molar-refractivity contribution >= 4 is 0 Å². The molecule has 0 atom stereocenters. The quantitative estimate of drug-likeness (QED) is 0.650. The van der Waals surface area contributed by atoms with E-state index in [4.69, 9.17) is 5.73 Å². The summed E-state index contributed by atoms with van der Waals surface area (Å²) in [7, 11) is 0. The Morgan fingerprint density at radius 1 is 1.70 bits per heavy atom. The van der Waals surface area contributed by atoms with Crippen LogP contribution in [-0.4, -0.2) is 14.8 Å². The Hall–Kier alpha value is -0.900. The molecular weight excluding hydrogens is 128 g/mol. The highest BCUT2D eigenvalue weighted by molar-refractivity contribution is 4.81. The van der Waals surface area contributed by atoms with Gasteiger partial charge in [-0.25, -0.2) is 9.67 Å². The molecule has 2 N–H and O–H groups in total. The smallest absolute Gasteiger partial charge is 0.140 e. The van der Waals surface area contributed by atoms with E-state index < -0.39 is 0 Å². The first-order valence-corrected chi connectivity index (χ1v) is 3.45. The highest BCUT2D eigenvalue weighted by Crippen LogP contribution is 1.93. The fraction of sp³-hybridized carbons (Fsp3) is 0.667. The highest BCUT2D eigenvalue weighted by Gasteiger charge is 1.98. The molecule has 0 bridgehead atoms. The van der Waals surface area contributed by atoms with Gasteiger partial charge in [-0.1, -0.05) is 6.92 Å². The van der Waals surface area contributed by atoms with Gasteiger partial charge in [-0.3, -0.25) is 0 Å². The monoisotopic (exact) mass is 140 g/mol. The molecular formula is C6H12N4. The summed E-state index contributed by atoms with van der Waals surface area (Å²) >= 11 is 0. The van der Waals surface area contributed by atoms with Gasteiger partial charge < -0.3 is 5.73 Å². The minimum Gasteiger partial charge on any atom is -0.324 e. The number of hydrogen-bond donors (Lipinski definition) is 1. The first kappa shape index (κ1) is 7.21. The van der Waals surface area contributed by atoms with Crippen LogP contribution in [0.2, 0.25) is 0 Å². The highest BCUT2D eigenvalue weighted by atomic mass is 15.3. The molecule has 1 aromatic rings. The van der Waals surface area contributed by atoms with Crippen molar-refractivity contribution in [3.63, 3.8) is 0 Å². The molecule has 0 aliphatic heterocycles. The molecule has 4 nitrogen and oxygen atoms in total. The molecule has 1 aromatic heterocycles. The number of aryl methyl sites for hydroxylation is 1. The Kier molecular flexibility index (Phi) is 2.39. The van der Waals surface area contributed by atoms with Crippen LogP contribution in [0.3, 0.4) is 0 Å². The van der Waals surface area contributed by atoms with Crippen LogP contribution in [0.1, 0.15) is 19.2 Å². The Labute approximate surface area is 60.1 Å². The van der Waals surface area contributed by atoms with Gasteiger partial charge in [0.15, 0.2) is 0 Å². The second kappa shape index (κ2) is 3.31. The van der Waals surface area contributed by atoms with Crippen LogP contribution in [0.5, 0.6) is 0 Å². The first-order chi connectivity index (χ1) is 4.88. The van der Waals surface area contributed by atoms with E-state index in [1.54, 1.807) is 0 Å². The molecule has 1 rings (SSSR count). The zero-order chi connectivity index (χ0) is 7.40. The molecule has 0 aliphatic rings. The van der Waals surface area contributed by atoms with Gasteiger partial charge in [-0.15, -0.1) is 0 Å². The summed E-state index contributed by atoms with van der Waals surface area (Å²) in [6.07, 6.45) is 2.61. The zero-order valence-electron chi connectivity index (χ0n) is 6.12. The van der Waals surface area contributed by atoms with Crippen molar-refractivity contribution in [1.29, 1.82) is 0 Å². The third-order valence-electron chi connectivity index (χ3n) is 1.31. The minimum atomic E-state index is 0.472. The summed E-state index contributed by atoms with van der Waals surface area (Å²) in [5.41, 5.74) is 5.40. The van der Waals surface area contributed by atoms with Gasteiger partial charge in [0.2, 0.25) is 0 Å². The van der Waals surface area contributed by atoms with Gasteiger partial charge >= 0.3 is 0 Å². The summed E-state index contributed by atoms with van der Waals surface area (Å²) < 4.78 is 1.83. The van der Waals surface area contributed by atoms with Gasteiger partial charge in [0.05, 0.1) is 6.54 Å². The number of nitrogens with zero attached hydrogens (tertiary/aromatic N) is 3. The Morgan fingerprint density at radius 3 is 3.10 bits per heavy atom. The number of hydrogen-bond acceptors (Lipinski definition) is 3. The van der Waals surface area contributed by atoms with Crippen molar-refractivity contribution in [2.75, 3.05) is 0 Å². The lowest BCUT2D eigenvalue weighted by atomic mass is 10.5. The lowest BCUT2D eigenvalue weighted by molar-refractivity contribution is 0.570. The largest absolute Gasteiger partial charge is 0.324 e. The normalized spacial score (nSPS) is 10.2. The van der Waals surface area contributed by atoms with Crippen LogP contribution < -0.4 is 5.73 Å². The lowest BCUT2D eigenvalue weighted by Gasteiger charge is -1.99. The third kappa shape index (κ3) is 1.33. The van der Waals surface area contributed by atoms with E-state index in [1.165, 1.54) is 6.33 Å². The van der Waals surface area contributed by atoms with Crippen LogP contribution in [0, 0.1) is 0 Å². The molecule has 56 valence electrons. The Morgan fingerprint density at radius 2 is 2.50 bits per heavy atom. The summed E-state index contributed by atoms with van der Waals surface area (Å²) in [5.74, 6) is 0.863. The molecule has 0 spiro atoms. The molecule has 0 fully saturated rings. The molecule has 0 unspecified atom stereocenters. The van der Waals surface area contributed by atoms with E-state index in [-0.39, 0.29) is 0 Å². The van der Waals surface area contributed by atoms with Crippen molar-refractivity contribution in [2.45, 2.75) is 26.4 Å². The van der Waals surface area contributed by atoms with Crippen LogP contribution in [-0.2, 0) is 13.1 Å². The van der Waals surface area contributed by atoms with Crippen LogP contribution in [0.15, 0.2) is 6.33 Å². The van der Waals surface area contributed by atoms with Crippen molar-refractivity contribution in [3.05, 3.63) is 12.2 Å². The van der Waals surface area contributed by atoms with E-state index in [0.717, 1.165) is 18.8 Å². The molecule has 10 heavy (non-hydrogen) atoms. The Balaban J connectivity index is 2.70. The average Bonchev–Trinajstić information content (AvgIpc) is 2.36. The molecule has 0 aromatic carbocycles. The van der Waals surface area contributed by atoms with E-state index in [0.29, 0.717) is 6.54 Å². The molecule has 0 amide bonds. The van der Waals surface area contributed by atoms with Crippen LogP contribution >= 0.6 is 0 Å². The molecule has 0 radical (unpaired) electrons. The van der Waals surface area contributed by atoms with E-state index in [9.17, 15) is 0 Å². The molecule has 0 aliphatic carbocycles. The second-order valence-electron chi connectivity index (χ2n) is 2.10. The fourth-order valence-electron chi connectivity index (χ4n) is 0.845. The minimum absolute atomic E-state index is 0.472. The number of aromatic nitrogens is 3. The van der Waals surface area contributed by atoms with E-state index in [1.807, 2.05) is 4.68 Å². The Bertz CT molecular complexity index is 193. The predicted octanol–water partition coefficient (Wildman–Crippen LogP) is 0.147. The van der Waals surface area contributed by atoms with E-state index in [2.05, 4.69) is 17.0 Å². The van der Waals surface area contributed by atoms with Crippen molar-refractivity contribution in [1.82, 2.24) is 14.8 Å². The summed E-state index contributed by atoms with van der Waals surface area (Å²) in [6, 6.07) is 0. The second-order valence-corrected chi connectivity index (χ2v) is 2.10. The third-order valence-corrected chi connectivity index (χ3v) is 1.31. The van der Waals surface area contributed by atoms with Gasteiger partial charge in [0.1, 0.15) is 12.2 Å². The number of rotatable bonds is 3. The summed E-state index contributed by atoms with van der Waals surface area (Å²) in [4.78, 5) is 3.98. The van der Waals surface area contributed by atoms with Crippen molar-refractivity contribution in [2.24, 2.45) is 5.73 Å². The maximum atomic E-state index is 5.40. The van der Waals surface area contributed by atoms with E-state index >= 15 is 0 Å². The first-order valence-electron chi connectivity index (χ1n) is 3.45. The molecule has 0 saturated heterocycles. The van der Waals surface area contributed by atoms with Gasteiger partial charge in [0.25, 0.3) is 0 Å². The maximum Gasteiger partial charge on any atom is 0.140 e.